The van der Waals surface area contributed by atoms with E-state index >= 15 is 0 Å². The molecule has 0 amide bonds. The maximum atomic E-state index is 4.50. The molecular formula is C17H33N3. The minimum Gasteiger partial charge on any atom is -0.314 e. The zero-order valence-electron chi connectivity index (χ0n) is 13.7. The molecule has 0 aliphatic heterocycles. The van der Waals surface area contributed by atoms with Crippen LogP contribution < -0.4 is 5.32 Å². The monoisotopic (exact) mass is 279 g/mol. The van der Waals surface area contributed by atoms with E-state index in [1.807, 2.05) is 17.9 Å². The molecule has 1 heterocycles. The Kier molecular flexibility index (Phi) is 9.38. The third kappa shape index (κ3) is 7.68. The van der Waals surface area contributed by atoms with Crippen LogP contribution in [0.4, 0.5) is 0 Å². The highest BCUT2D eigenvalue weighted by atomic mass is 15.2. The summed E-state index contributed by atoms with van der Waals surface area (Å²) in [5, 5.41) is 8.18. The van der Waals surface area contributed by atoms with Gasteiger partial charge in [-0.2, -0.15) is 5.10 Å². The van der Waals surface area contributed by atoms with E-state index in [4.69, 9.17) is 0 Å². The molecule has 0 bridgehead atoms. The Morgan fingerprint density at radius 2 is 1.85 bits per heavy atom. The molecule has 0 spiro atoms. The second-order valence-corrected chi connectivity index (χ2v) is 5.89. The summed E-state index contributed by atoms with van der Waals surface area (Å²) in [5.41, 5.74) is 1.21. The summed E-state index contributed by atoms with van der Waals surface area (Å²) in [7, 11) is 1.99. The van der Waals surface area contributed by atoms with Crippen LogP contribution in [-0.2, 0) is 13.5 Å². The first-order chi connectivity index (χ1) is 9.76. The van der Waals surface area contributed by atoms with Gasteiger partial charge in [0.2, 0.25) is 0 Å². The fourth-order valence-corrected chi connectivity index (χ4v) is 2.62. The lowest BCUT2D eigenvalue weighted by Gasteiger charge is -2.17. The zero-order chi connectivity index (χ0) is 14.6. The van der Waals surface area contributed by atoms with Crippen molar-refractivity contribution in [1.82, 2.24) is 15.1 Å². The third-order valence-corrected chi connectivity index (χ3v) is 3.81. The predicted octanol–water partition coefficient (Wildman–Crippen LogP) is 4.08. The van der Waals surface area contributed by atoms with E-state index in [-0.39, 0.29) is 0 Å². The first kappa shape index (κ1) is 17.2. The SMILES string of the molecule is CCCCCCCCC(Cc1ccn(C)n1)NCCC. The van der Waals surface area contributed by atoms with Crippen LogP contribution in [0.5, 0.6) is 0 Å². The van der Waals surface area contributed by atoms with Crippen molar-refractivity contribution in [3.63, 3.8) is 0 Å². The Bertz CT molecular complexity index is 333. The molecule has 1 atom stereocenters. The number of unbranched alkanes of at least 4 members (excludes halogenated alkanes) is 5. The second kappa shape index (κ2) is 10.9. The summed E-state index contributed by atoms with van der Waals surface area (Å²) in [5.74, 6) is 0. The standard InChI is InChI=1S/C17H33N3/c1-4-6-7-8-9-10-11-16(18-13-5-2)15-17-12-14-20(3)19-17/h12,14,16,18H,4-11,13,15H2,1-3H3. The lowest BCUT2D eigenvalue weighted by atomic mass is 10.0. The molecule has 3 heteroatoms. The number of rotatable bonds is 12. The van der Waals surface area contributed by atoms with Gasteiger partial charge in [0, 0.05) is 25.7 Å². The van der Waals surface area contributed by atoms with Crippen molar-refractivity contribution in [1.29, 1.82) is 0 Å². The van der Waals surface area contributed by atoms with E-state index in [1.165, 1.54) is 57.1 Å². The van der Waals surface area contributed by atoms with Crippen molar-refractivity contribution in [2.45, 2.75) is 77.7 Å². The highest BCUT2D eigenvalue weighted by Crippen LogP contribution is 2.11. The molecular weight excluding hydrogens is 246 g/mol. The van der Waals surface area contributed by atoms with Gasteiger partial charge in [0.15, 0.2) is 0 Å². The molecule has 1 rings (SSSR count). The fraction of sp³-hybridized carbons (Fsp3) is 0.824. The molecule has 1 N–H and O–H groups in total. The Morgan fingerprint density at radius 1 is 1.10 bits per heavy atom. The van der Waals surface area contributed by atoms with Crippen LogP contribution >= 0.6 is 0 Å². The maximum absolute atomic E-state index is 4.50. The Balaban J connectivity index is 2.24. The first-order valence-electron chi connectivity index (χ1n) is 8.48. The highest BCUT2D eigenvalue weighted by molar-refractivity contribution is 5.01. The largest absolute Gasteiger partial charge is 0.314 e. The maximum Gasteiger partial charge on any atom is 0.0639 e. The smallest absolute Gasteiger partial charge is 0.0639 e. The van der Waals surface area contributed by atoms with E-state index in [0.29, 0.717) is 6.04 Å². The van der Waals surface area contributed by atoms with Gasteiger partial charge in [-0.25, -0.2) is 0 Å². The van der Waals surface area contributed by atoms with Gasteiger partial charge in [0.1, 0.15) is 0 Å². The summed E-state index contributed by atoms with van der Waals surface area (Å²) >= 11 is 0. The van der Waals surface area contributed by atoms with Crippen LogP contribution in [0.25, 0.3) is 0 Å². The van der Waals surface area contributed by atoms with Crippen molar-refractivity contribution >= 4 is 0 Å². The van der Waals surface area contributed by atoms with Gasteiger partial charge in [-0.3, -0.25) is 4.68 Å². The van der Waals surface area contributed by atoms with Crippen LogP contribution in [0, 0.1) is 0 Å². The lowest BCUT2D eigenvalue weighted by molar-refractivity contribution is 0.446. The molecule has 0 aliphatic rings. The van der Waals surface area contributed by atoms with Gasteiger partial charge >= 0.3 is 0 Å². The second-order valence-electron chi connectivity index (χ2n) is 5.89. The van der Waals surface area contributed by atoms with E-state index in [1.54, 1.807) is 0 Å². The van der Waals surface area contributed by atoms with Gasteiger partial charge in [0.25, 0.3) is 0 Å². The van der Waals surface area contributed by atoms with Crippen LogP contribution in [-0.4, -0.2) is 22.4 Å². The minimum atomic E-state index is 0.594. The molecule has 1 aromatic heterocycles. The Hall–Kier alpha value is -0.830. The number of nitrogens with zero attached hydrogens (tertiary/aromatic N) is 2. The number of hydrogen-bond donors (Lipinski definition) is 1. The topological polar surface area (TPSA) is 29.9 Å². The average molecular weight is 279 g/mol. The third-order valence-electron chi connectivity index (χ3n) is 3.81. The van der Waals surface area contributed by atoms with Crippen LogP contribution in [0.2, 0.25) is 0 Å². The molecule has 0 saturated carbocycles. The molecule has 20 heavy (non-hydrogen) atoms. The Labute approximate surface area is 125 Å². The summed E-state index contributed by atoms with van der Waals surface area (Å²) in [4.78, 5) is 0. The van der Waals surface area contributed by atoms with Crippen molar-refractivity contribution in [3.05, 3.63) is 18.0 Å². The van der Waals surface area contributed by atoms with E-state index in [0.717, 1.165) is 13.0 Å². The van der Waals surface area contributed by atoms with Crippen molar-refractivity contribution in [2.75, 3.05) is 6.54 Å². The number of aromatic nitrogens is 2. The van der Waals surface area contributed by atoms with E-state index in [2.05, 4.69) is 30.3 Å². The molecule has 1 unspecified atom stereocenters. The molecule has 0 radical (unpaired) electrons. The Morgan fingerprint density at radius 3 is 2.50 bits per heavy atom. The van der Waals surface area contributed by atoms with Gasteiger partial charge < -0.3 is 5.32 Å². The molecule has 116 valence electrons. The normalized spacial score (nSPS) is 12.8. The minimum absolute atomic E-state index is 0.594. The molecule has 0 aliphatic carbocycles. The molecule has 0 saturated heterocycles. The summed E-state index contributed by atoms with van der Waals surface area (Å²) in [6, 6.07) is 2.73. The lowest BCUT2D eigenvalue weighted by Crippen LogP contribution is -2.32. The molecule has 3 nitrogen and oxygen atoms in total. The summed E-state index contributed by atoms with van der Waals surface area (Å²) < 4.78 is 1.90. The van der Waals surface area contributed by atoms with Gasteiger partial charge in [-0.15, -0.1) is 0 Å². The quantitative estimate of drug-likeness (QED) is 0.584. The van der Waals surface area contributed by atoms with Crippen molar-refractivity contribution in [3.8, 4) is 0 Å². The fourth-order valence-electron chi connectivity index (χ4n) is 2.62. The number of aryl methyl sites for hydroxylation is 1. The highest BCUT2D eigenvalue weighted by Gasteiger charge is 2.10. The first-order valence-corrected chi connectivity index (χ1v) is 8.48. The van der Waals surface area contributed by atoms with Crippen LogP contribution in [0.3, 0.4) is 0 Å². The average Bonchev–Trinajstić information content (AvgIpc) is 2.85. The van der Waals surface area contributed by atoms with Gasteiger partial charge in [0.05, 0.1) is 5.69 Å². The zero-order valence-corrected chi connectivity index (χ0v) is 13.7. The predicted molar refractivity (Wildman–Crippen MR) is 87.0 cm³/mol. The number of nitrogens with one attached hydrogen (secondary N) is 1. The summed E-state index contributed by atoms with van der Waals surface area (Å²) in [6.45, 7) is 5.63. The van der Waals surface area contributed by atoms with E-state index < -0.39 is 0 Å². The van der Waals surface area contributed by atoms with Crippen LogP contribution in [0.15, 0.2) is 12.3 Å². The van der Waals surface area contributed by atoms with Crippen molar-refractivity contribution in [2.24, 2.45) is 7.05 Å². The molecule has 1 aromatic rings. The van der Waals surface area contributed by atoms with Gasteiger partial charge in [-0.1, -0.05) is 52.4 Å². The number of hydrogen-bond acceptors (Lipinski definition) is 2. The summed E-state index contributed by atoms with van der Waals surface area (Å²) in [6.07, 6.45) is 13.8. The van der Waals surface area contributed by atoms with Gasteiger partial charge in [-0.05, 0) is 25.5 Å². The van der Waals surface area contributed by atoms with Crippen molar-refractivity contribution < 1.29 is 0 Å². The van der Waals surface area contributed by atoms with Crippen LogP contribution in [0.1, 0.15) is 70.9 Å². The van der Waals surface area contributed by atoms with E-state index in [9.17, 15) is 0 Å². The molecule has 0 aromatic carbocycles. The molecule has 0 fully saturated rings.